The van der Waals surface area contributed by atoms with Gasteiger partial charge >= 0.3 is 0 Å². The Bertz CT molecular complexity index is 869. The molecule has 1 fully saturated rings. The molecule has 0 unspecified atom stereocenters. The Morgan fingerprint density at radius 1 is 1.23 bits per heavy atom. The fourth-order valence-corrected chi connectivity index (χ4v) is 5.55. The Hall–Kier alpha value is -1.59. The summed E-state index contributed by atoms with van der Waals surface area (Å²) in [6.07, 6.45) is 6.76. The quantitative estimate of drug-likeness (QED) is 0.657. The molecule has 0 aliphatic heterocycles. The molecule has 0 saturated heterocycles. The van der Waals surface area contributed by atoms with Gasteiger partial charge in [-0.15, -0.1) is 0 Å². The number of thioether (sulfide) groups is 1. The summed E-state index contributed by atoms with van der Waals surface area (Å²) < 4.78 is 1.81. The molecule has 1 heterocycles. The SMILES string of the molecule is CCn1c(SCCO)nc2c(c1=O)C1(CCCCC1)Cc1ccccc1-2. The standard InChI is InChI=1S/C21H26N2O2S/c1-2-23-19(25)17-18(22-20(23)26-13-12-24)16-9-5-4-8-15(16)14-21(17)10-6-3-7-11-21/h4-5,8-9,24H,2-3,6-7,10-14H2,1H3. The average Bonchev–Trinajstić information content (AvgIpc) is 2.66. The first-order valence-electron chi connectivity index (χ1n) is 9.67. The number of aliphatic hydroxyl groups is 1. The average molecular weight is 371 g/mol. The first-order chi connectivity index (χ1) is 12.7. The van der Waals surface area contributed by atoms with Gasteiger partial charge in [0.2, 0.25) is 0 Å². The van der Waals surface area contributed by atoms with Gasteiger partial charge in [-0.05, 0) is 31.7 Å². The molecule has 1 N–H and O–H groups in total. The van der Waals surface area contributed by atoms with Crippen LogP contribution in [0.5, 0.6) is 0 Å². The molecule has 0 atom stereocenters. The van der Waals surface area contributed by atoms with Crippen molar-refractivity contribution < 1.29 is 5.11 Å². The van der Waals surface area contributed by atoms with Crippen molar-refractivity contribution in [2.45, 2.75) is 62.6 Å². The highest BCUT2D eigenvalue weighted by molar-refractivity contribution is 7.99. The maximum absolute atomic E-state index is 13.6. The molecule has 0 amide bonds. The van der Waals surface area contributed by atoms with Crippen LogP contribution in [0.3, 0.4) is 0 Å². The summed E-state index contributed by atoms with van der Waals surface area (Å²) in [4.78, 5) is 18.5. The number of nitrogens with zero attached hydrogens (tertiary/aromatic N) is 2. The largest absolute Gasteiger partial charge is 0.396 e. The molecule has 4 rings (SSSR count). The lowest BCUT2D eigenvalue weighted by molar-refractivity contribution is 0.282. The van der Waals surface area contributed by atoms with Gasteiger partial charge in [-0.1, -0.05) is 55.3 Å². The summed E-state index contributed by atoms with van der Waals surface area (Å²) in [7, 11) is 0. The van der Waals surface area contributed by atoms with Crippen LogP contribution >= 0.6 is 11.8 Å². The number of benzene rings is 1. The van der Waals surface area contributed by atoms with Crippen LogP contribution in [-0.2, 0) is 18.4 Å². The van der Waals surface area contributed by atoms with E-state index in [1.54, 1.807) is 0 Å². The molecule has 2 aromatic rings. The molecule has 26 heavy (non-hydrogen) atoms. The third-order valence-electron chi connectivity index (χ3n) is 5.92. The van der Waals surface area contributed by atoms with Crippen LogP contribution in [0.25, 0.3) is 11.3 Å². The number of rotatable bonds is 4. The summed E-state index contributed by atoms with van der Waals surface area (Å²) in [5.74, 6) is 0.554. The number of fused-ring (bicyclic) bond motifs is 4. The summed E-state index contributed by atoms with van der Waals surface area (Å²) in [5, 5.41) is 9.95. The van der Waals surface area contributed by atoms with Crippen molar-refractivity contribution in [1.82, 2.24) is 9.55 Å². The topological polar surface area (TPSA) is 55.1 Å². The van der Waals surface area contributed by atoms with Gasteiger partial charge in [0, 0.05) is 23.3 Å². The highest BCUT2D eigenvalue weighted by Crippen LogP contribution is 2.48. The van der Waals surface area contributed by atoms with E-state index in [1.807, 2.05) is 17.6 Å². The van der Waals surface area contributed by atoms with E-state index in [0.717, 1.165) is 41.2 Å². The van der Waals surface area contributed by atoms with E-state index >= 15 is 0 Å². The Labute approximate surface area is 158 Å². The predicted octanol–water partition coefficient (Wildman–Crippen LogP) is 3.77. The van der Waals surface area contributed by atoms with Crippen LogP contribution in [0.1, 0.15) is 50.2 Å². The lowest BCUT2D eigenvalue weighted by Gasteiger charge is -2.42. The monoisotopic (exact) mass is 370 g/mol. The molecule has 5 heteroatoms. The van der Waals surface area contributed by atoms with Crippen molar-refractivity contribution in [1.29, 1.82) is 0 Å². The van der Waals surface area contributed by atoms with Crippen molar-refractivity contribution >= 4 is 11.8 Å². The molecule has 138 valence electrons. The van der Waals surface area contributed by atoms with Crippen LogP contribution in [0, 0.1) is 0 Å². The molecule has 0 radical (unpaired) electrons. The number of hydrogen-bond donors (Lipinski definition) is 1. The fourth-order valence-electron chi connectivity index (χ4n) is 4.75. The fraction of sp³-hybridized carbons (Fsp3) is 0.524. The van der Waals surface area contributed by atoms with E-state index in [9.17, 15) is 9.90 Å². The van der Waals surface area contributed by atoms with Crippen LogP contribution in [0.4, 0.5) is 0 Å². The predicted molar refractivity (Wildman–Crippen MR) is 106 cm³/mol. The molecular weight excluding hydrogens is 344 g/mol. The lowest BCUT2D eigenvalue weighted by Crippen LogP contribution is -2.43. The number of aromatic nitrogens is 2. The minimum atomic E-state index is -0.0525. The Kier molecular flexibility index (Phi) is 4.93. The lowest BCUT2D eigenvalue weighted by atomic mass is 9.62. The van der Waals surface area contributed by atoms with Gasteiger partial charge in [0.25, 0.3) is 5.56 Å². The zero-order valence-corrected chi connectivity index (χ0v) is 16.1. The van der Waals surface area contributed by atoms with E-state index in [2.05, 4.69) is 18.2 Å². The van der Waals surface area contributed by atoms with Gasteiger partial charge in [-0.3, -0.25) is 9.36 Å². The van der Waals surface area contributed by atoms with Crippen LogP contribution < -0.4 is 5.56 Å². The van der Waals surface area contributed by atoms with Gasteiger partial charge in [0.05, 0.1) is 17.9 Å². The van der Waals surface area contributed by atoms with Gasteiger partial charge in [0.1, 0.15) is 0 Å². The summed E-state index contributed by atoms with van der Waals surface area (Å²) in [6, 6.07) is 8.43. The zero-order chi connectivity index (χ0) is 18.1. The maximum atomic E-state index is 13.6. The van der Waals surface area contributed by atoms with Crippen molar-refractivity contribution in [3.63, 3.8) is 0 Å². The molecule has 1 saturated carbocycles. The van der Waals surface area contributed by atoms with Crippen LogP contribution in [0.2, 0.25) is 0 Å². The molecule has 4 nitrogen and oxygen atoms in total. The van der Waals surface area contributed by atoms with Gasteiger partial charge in [-0.25, -0.2) is 4.98 Å². The zero-order valence-electron chi connectivity index (χ0n) is 15.3. The van der Waals surface area contributed by atoms with E-state index in [0.29, 0.717) is 12.3 Å². The Morgan fingerprint density at radius 2 is 2.00 bits per heavy atom. The normalized spacial score (nSPS) is 17.8. The van der Waals surface area contributed by atoms with E-state index in [-0.39, 0.29) is 17.6 Å². The molecule has 2 aliphatic carbocycles. The summed E-state index contributed by atoms with van der Waals surface area (Å²) >= 11 is 1.47. The first kappa shape index (κ1) is 17.8. The molecule has 1 aromatic carbocycles. The Morgan fingerprint density at radius 3 is 2.73 bits per heavy atom. The van der Waals surface area contributed by atoms with E-state index < -0.39 is 0 Å². The minimum Gasteiger partial charge on any atom is -0.396 e. The second-order valence-corrected chi connectivity index (χ2v) is 8.48. The number of hydrogen-bond acceptors (Lipinski definition) is 4. The number of aliphatic hydroxyl groups excluding tert-OH is 1. The van der Waals surface area contributed by atoms with E-state index in [4.69, 9.17) is 4.98 Å². The van der Waals surface area contributed by atoms with Crippen LogP contribution in [-0.4, -0.2) is 27.0 Å². The second kappa shape index (κ2) is 7.20. The van der Waals surface area contributed by atoms with Crippen molar-refractivity contribution in [2.24, 2.45) is 0 Å². The highest BCUT2D eigenvalue weighted by Gasteiger charge is 2.43. The van der Waals surface area contributed by atoms with Gasteiger partial charge in [-0.2, -0.15) is 0 Å². The second-order valence-electron chi connectivity index (χ2n) is 7.41. The summed E-state index contributed by atoms with van der Waals surface area (Å²) in [6.45, 7) is 2.70. The maximum Gasteiger partial charge on any atom is 0.258 e. The Balaban J connectivity index is 1.98. The first-order valence-corrected chi connectivity index (χ1v) is 10.7. The third kappa shape index (κ3) is 2.81. The minimum absolute atomic E-state index is 0.0525. The molecule has 1 spiro atoms. The molecule has 1 aromatic heterocycles. The molecule has 0 bridgehead atoms. The molecule has 2 aliphatic rings. The third-order valence-corrected chi connectivity index (χ3v) is 6.87. The molecular formula is C21H26N2O2S. The van der Waals surface area contributed by atoms with Crippen molar-refractivity contribution in [3.8, 4) is 11.3 Å². The van der Waals surface area contributed by atoms with E-state index in [1.165, 1.54) is 36.6 Å². The van der Waals surface area contributed by atoms with Crippen LogP contribution in [0.15, 0.2) is 34.2 Å². The van der Waals surface area contributed by atoms with Gasteiger partial charge in [0.15, 0.2) is 5.16 Å². The highest BCUT2D eigenvalue weighted by atomic mass is 32.2. The smallest absolute Gasteiger partial charge is 0.258 e. The van der Waals surface area contributed by atoms with Crippen molar-refractivity contribution in [2.75, 3.05) is 12.4 Å². The summed E-state index contributed by atoms with van der Waals surface area (Å²) in [5.41, 5.74) is 4.36. The van der Waals surface area contributed by atoms with Crippen molar-refractivity contribution in [3.05, 3.63) is 45.7 Å². The van der Waals surface area contributed by atoms with Gasteiger partial charge < -0.3 is 5.11 Å².